The molecule has 0 saturated carbocycles. The Balaban J connectivity index is 1.73. The van der Waals surface area contributed by atoms with E-state index in [1.54, 1.807) is 31.3 Å². The number of carbonyl (C=O) groups is 1. The van der Waals surface area contributed by atoms with Crippen molar-refractivity contribution in [2.24, 2.45) is 0 Å². The highest BCUT2D eigenvalue weighted by Gasteiger charge is 2.23. The van der Waals surface area contributed by atoms with Gasteiger partial charge in [-0.2, -0.15) is 0 Å². The van der Waals surface area contributed by atoms with E-state index in [-0.39, 0.29) is 38.8 Å². The Morgan fingerprint density at radius 1 is 1.12 bits per heavy atom. The van der Waals surface area contributed by atoms with Gasteiger partial charge in [-0.25, -0.2) is 18.4 Å². The molecule has 0 atom stereocenters. The molecule has 0 fully saturated rings. The van der Waals surface area contributed by atoms with Gasteiger partial charge in [0.15, 0.2) is 5.78 Å². The third-order valence-electron chi connectivity index (χ3n) is 5.32. The standard InChI is InChI=1S/C23H21Cl2N5O3S/c1-12(2)30-10-16(20-22(26)27-11-28-23(20)30)21(31)14-5-4-6-15(8-14)29-34(32,33)19-7-13(3)17(24)9-18(19)25/h4-12,29H,1-3H3,(H2,26,27,28). The zero-order valence-electron chi connectivity index (χ0n) is 18.5. The van der Waals surface area contributed by atoms with Crippen LogP contribution < -0.4 is 10.5 Å². The molecule has 2 heterocycles. The number of rotatable bonds is 6. The second-order valence-electron chi connectivity index (χ2n) is 8.05. The minimum absolute atomic E-state index is 0.00713. The second-order valence-corrected chi connectivity index (χ2v) is 10.5. The number of hydrogen-bond acceptors (Lipinski definition) is 6. The maximum Gasteiger partial charge on any atom is 0.263 e. The summed E-state index contributed by atoms with van der Waals surface area (Å²) in [6.07, 6.45) is 3.04. The topological polar surface area (TPSA) is 120 Å². The molecule has 176 valence electrons. The number of nitrogens with two attached hydrogens (primary N) is 1. The number of nitrogen functional groups attached to an aromatic ring is 1. The lowest BCUT2D eigenvalue weighted by molar-refractivity contribution is 0.104. The number of ketones is 1. The van der Waals surface area contributed by atoms with Gasteiger partial charge in [0, 0.05) is 28.5 Å². The molecule has 2 aromatic heterocycles. The molecule has 0 radical (unpaired) electrons. The first-order valence-corrected chi connectivity index (χ1v) is 12.5. The smallest absolute Gasteiger partial charge is 0.263 e. The molecule has 0 spiro atoms. The monoisotopic (exact) mass is 517 g/mol. The van der Waals surface area contributed by atoms with Crippen LogP contribution in [0.25, 0.3) is 11.0 Å². The lowest BCUT2D eigenvalue weighted by atomic mass is 10.0. The number of benzene rings is 2. The molecular formula is C23H21Cl2N5O3S. The predicted octanol–water partition coefficient (Wildman–Crippen LogP) is 5.24. The van der Waals surface area contributed by atoms with Crippen molar-refractivity contribution in [2.45, 2.75) is 31.7 Å². The summed E-state index contributed by atoms with van der Waals surface area (Å²) in [5.41, 5.74) is 7.99. The lowest BCUT2D eigenvalue weighted by Gasteiger charge is -2.12. The summed E-state index contributed by atoms with van der Waals surface area (Å²) >= 11 is 12.2. The number of aromatic nitrogens is 3. The Bertz CT molecular complexity index is 1550. The predicted molar refractivity (Wildman–Crippen MR) is 134 cm³/mol. The number of sulfonamides is 1. The van der Waals surface area contributed by atoms with Crippen LogP contribution in [0, 0.1) is 6.92 Å². The van der Waals surface area contributed by atoms with Crippen molar-refractivity contribution in [1.29, 1.82) is 0 Å². The molecule has 4 aromatic rings. The summed E-state index contributed by atoms with van der Waals surface area (Å²) in [6.45, 7) is 5.61. The van der Waals surface area contributed by atoms with Crippen LogP contribution in [0.1, 0.15) is 41.4 Å². The molecule has 0 aliphatic heterocycles. The Morgan fingerprint density at radius 2 is 1.85 bits per heavy atom. The fourth-order valence-corrected chi connectivity index (χ4v) is 5.48. The van der Waals surface area contributed by atoms with E-state index in [1.165, 1.54) is 24.5 Å². The maximum absolute atomic E-state index is 13.4. The van der Waals surface area contributed by atoms with Crippen LogP contribution in [0.4, 0.5) is 11.5 Å². The lowest BCUT2D eigenvalue weighted by Crippen LogP contribution is -2.14. The number of aryl methyl sites for hydroxylation is 1. The number of nitrogens with one attached hydrogen (secondary N) is 1. The Hall–Kier alpha value is -3.14. The van der Waals surface area contributed by atoms with Crippen LogP contribution >= 0.6 is 23.2 Å². The summed E-state index contributed by atoms with van der Waals surface area (Å²) in [5, 5.41) is 0.809. The van der Waals surface area contributed by atoms with Crippen molar-refractivity contribution in [3.63, 3.8) is 0 Å². The number of fused-ring (bicyclic) bond motifs is 1. The highest BCUT2D eigenvalue weighted by Crippen LogP contribution is 2.31. The van der Waals surface area contributed by atoms with E-state index in [0.29, 0.717) is 27.2 Å². The molecule has 0 saturated heterocycles. The van der Waals surface area contributed by atoms with E-state index >= 15 is 0 Å². The van der Waals surface area contributed by atoms with Crippen LogP contribution in [0.15, 0.2) is 53.8 Å². The number of carbonyl (C=O) groups excluding carboxylic acids is 1. The second kappa shape index (κ2) is 8.90. The fraction of sp³-hybridized carbons (Fsp3) is 0.174. The van der Waals surface area contributed by atoms with E-state index in [2.05, 4.69) is 14.7 Å². The molecule has 0 unspecified atom stereocenters. The Kier molecular flexibility index (Phi) is 6.28. The van der Waals surface area contributed by atoms with Gasteiger partial charge >= 0.3 is 0 Å². The zero-order chi connectivity index (χ0) is 24.8. The minimum Gasteiger partial charge on any atom is -0.383 e. The van der Waals surface area contributed by atoms with Crippen LogP contribution in [-0.4, -0.2) is 28.7 Å². The van der Waals surface area contributed by atoms with Gasteiger partial charge in [-0.3, -0.25) is 9.52 Å². The molecular weight excluding hydrogens is 497 g/mol. The average Bonchev–Trinajstić information content (AvgIpc) is 3.17. The van der Waals surface area contributed by atoms with E-state index < -0.39 is 10.0 Å². The van der Waals surface area contributed by atoms with Crippen LogP contribution in [0.5, 0.6) is 0 Å². The van der Waals surface area contributed by atoms with Crippen molar-refractivity contribution in [3.05, 3.63) is 75.7 Å². The van der Waals surface area contributed by atoms with E-state index in [0.717, 1.165) is 0 Å². The van der Waals surface area contributed by atoms with Crippen LogP contribution in [-0.2, 0) is 10.0 Å². The van der Waals surface area contributed by atoms with Gasteiger partial charge in [0.1, 0.15) is 22.7 Å². The first-order chi connectivity index (χ1) is 16.0. The highest BCUT2D eigenvalue weighted by molar-refractivity contribution is 7.92. The van der Waals surface area contributed by atoms with E-state index in [1.807, 2.05) is 18.4 Å². The molecule has 2 aromatic carbocycles. The minimum atomic E-state index is -4.03. The van der Waals surface area contributed by atoms with Crippen LogP contribution in [0.2, 0.25) is 10.0 Å². The highest BCUT2D eigenvalue weighted by atomic mass is 35.5. The van der Waals surface area contributed by atoms with Gasteiger partial charge in [-0.15, -0.1) is 0 Å². The molecule has 0 amide bonds. The van der Waals surface area contributed by atoms with E-state index in [9.17, 15) is 13.2 Å². The molecule has 8 nitrogen and oxygen atoms in total. The number of anilines is 2. The molecule has 3 N–H and O–H groups in total. The summed E-state index contributed by atoms with van der Waals surface area (Å²) in [4.78, 5) is 21.6. The maximum atomic E-state index is 13.4. The zero-order valence-corrected chi connectivity index (χ0v) is 20.8. The molecule has 34 heavy (non-hydrogen) atoms. The molecule has 4 rings (SSSR count). The van der Waals surface area contributed by atoms with E-state index in [4.69, 9.17) is 28.9 Å². The summed E-state index contributed by atoms with van der Waals surface area (Å²) in [5.74, 6) is -0.148. The third kappa shape index (κ3) is 4.34. The van der Waals surface area contributed by atoms with Crippen LogP contribution in [0.3, 0.4) is 0 Å². The molecule has 0 aliphatic carbocycles. The van der Waals surface area contributed by atoms with Gasteiger partial charge < -0.3 is 10.3 Å². The van der Waals surface area contributed by atoms with Gasteiger partial charge in [0.25, 0.3) is 10.0 Å². The SMILES string of the molecule is Cc1cc(S(=O)(=O)Nc2cccc(C(=O)c3cn(C(C)C)c4ncnc(N)c34)c2)c(Cl)cc1Cl. The quantitative estimate of drug-likeness (QED) is 0.337. The normalized spacial score (nSPS) is 11.8. The van der Waals surface area contributed by atoms with Crippen molar-refractivity contribution in [3.8, 4) is 0 Å². The fourth-order valence-electron chi connectivity index (χ4n) is 3.60. The van der Waals surface area contributed by atoms with Crippen molar-refractivity contribution >= 4 is 61.5 Å². The van der Waals surface area contributed by atoms with Crippen molar-refractivity contribution in [1.82, 2.24) is 14.5 Å². The number of halogens is 2. The largest absolute Gasteiger partial charge is 0.383 e. The molecule has 0 bridgehead atoms. The number of hydrogen-bond donors (Lipinski definition) is 2. The number of nitrogens with zero attached hydrogens (tertiary/aromatic N) is 3. The average molecular weight is 518 g/mol. The van der Waals surface area contributed by atoms with Gasteiger partial charge in [0.05, 0.1) is 16.0 Å². The molecule has 11 heteroatoms. The molecule has 0 aliphatic rings. The first-order valence-electron chi connectivity index (χ1n) is 10.2. The van der Waals surface area contributed by atoms with Gasteiger partial charge in [0.2, 0.25) is 0 Å². The summed E-state index contributed by atoms with van der Waals surface area (Å²) in [7, 11) is -4.03. The van der Waals surface area contributed by atoms with Crippen molar-refractivity contribution < 1.29 is 13.2 Å². The van der Waals surface area contributed by atoms with Gasteiger partial charge in [-0.1, -0.05) is 35.3 Å². The van der Waals surface area contributed by atoms with Gasteiger partial charge in [-0.05, 0) is 50.6 Å². The van der Waals surface area contributed by atoms with Crippen molar-refractivity contribution in [2.75, 3.05) is 10.5 Å². The Morgan fingerprint density at radius 3 is 2.56 bits per heavy atom. The Labute approximate surface area is 206 Å². The first kappa shape index (κ1) is 24.0. The summed E-state index contributed by atoms with van der Waals surface area (Å²) < 4.78 is 30.3. The third-order valence-corrected chi connectivity index (χ3v) is 7.57. The summed E-state index contributed by atoms with van der Waals surface area (Å²) in [6, 6.07) is 8.98.